The smallest absolute Gasteiger partial charge is 0.0468 e. The molecule has 1 aliphatic carbocycles. The van der Waals surface area contributed by atoms with E-state index in [0.29, 0.717) is 0 Å². The Morgan fingerprint density at radius 1 is 0.760 bits per heavy atom. The molecule has 0 spiro atoms. The predicted molar refractivity (Wildman–Crippen MR) is 110 cm³/mol. The van der Waals surface area contributed by atoms with E-state index in [-0.39, 0.29) is 16.2 Å². The Hall–Kier alpha value is -1.76. The number of fused-ring (bicyclic) bond motifs is 4. The summed E-state index contributed by atoms with van der Waals surface area (Å²) < 4.78 is 0. The summed E-state index contributed by atoms with van der Waals surface area (Å²) in [6, 6.07) is 11.8. The van der Waals surface area contributed by atoms with Gasteiger partial charge in [-0.15, -0.1) is 0 Å². The monoisotopic (exact) mass is 333 g/mol. The summed E-state index contributed by atoms with van der Waals surface area (Å²) >= 11 is 0. The van der Waals surface area contributed by atoms with Crippen molar-refractivity contribution >= 4 is 21.8 Å². The molecule has 1 aliphatic rings. The fourth-order valence-corrected chi connectivity index (χ4v) is 4.43. The highest BCUT2D eigenvalue weighted by molar-refractivity contribution is 6.08. The van der Waals surface area contributed by atoms with Gasteiger partial charge >= 0.3 is 0 Å². The standard InChI is InChI=1S/C24H31N/c1-22(2,3)15-8-9-20-16(12-15)17-13-18-19(14-21(17)25-20)24(6,7)11-10-23(18,4)5/h8-9,12-14,25H,10-11H2,1-7H3. The SMILES string of the molecule is CC(C)(C)c1ccc2[nH]c3cc4c(cc3c2c1)C(C)(C)CCC4(C)C. The van der Waals surface area contributed by atoms with Crippen LogP contribution in [-0.4, -0.2) is 4.98 Å². The van der Waals surface area contributed by atoms with Gasteiger partial charge < -0.3 is 4.98 Å². The fraction of sp³-hybridized carbons (Fsp3) is 0.500. The first kappa shape index (κ1) is 16.7. The van der Waals surface area contributed by atoms with E-state index in [1.165, 1.54) is 45.8 Å². The number of benzene rings is 2. The van der Waals surface area contributed by atoms with Crippen molar-refractivity contribution < 1.29 is 0 Å². The first-order valence-electron chi connectivity index (χ1n) is 9.60. The summed E-state index contributed by atoms with van der Waals surface area (Å²) in [5, 5.41) is 2.75. The zero-order valence-electron chi connectivity index (χ0n) is 16.8. The Morgan fingerprint density at radius 2 is 1.32 bits per heavy atom. The maximum atomic E-state index is 3.67. The highest BCUT2D eigenvalue weighted by Crippen LogP contribution is 2.47. The highest BCUT2D eigenvalue weighted by atomic mass is 14.7. The molecule has 0 atom stereocenters. The van der Waals surface area contributed by atoms with Crippen LogP contribution in [0.25, 0.3) is 21.8 Å². The quantitative estimate of drug-likeness (QED) is 0.457. The molecule has 0 saturated heterocycles. The summed E-state index contributed by atoms with van der Waals surface area (Å²) in [5.41, 5.74) is 7.69. The molecule has 4 rings (SSSR count). The van der Waals surface area contributed by atoms with E-state index in [1.54, 1.807) is 5.56 Å². The van der Waals surface area contributed by atoms with Gasteiger partial charge in [-0.05, 0) is 70.0 Å². The second-order valence-corrected chi connectivity index (χ2v) is 10.3. The maximum Gasteiger partial charge on any atom is 0.0468 e. The Kier molecular flexibility index (Phi) is 3.27. The van der Waals surface area contributed by atoms with Gasteiger partial charge in [0.2, 0.25) is 0 Å². The van der Waals surface area contributed by atoms with Gasteiger partial charge in [-0.3, -0.25) is 0 Å². The lowest BCUT2D eigenvalue weighted by Gasteiger charge is -2.41. The number of aromatic amines is 1. The van der Waals surface area contributed by atoms with E-state index < -0.39 is 0 Å². The molecule has 25 heavy (non-hydrogen) atoms. The van der Waals surface area contributed by atoms with Crippen molar-refractivity contribution in [3.05, 3.63) is 47.0 Å². The molecule has 3 aromatic rings. The lowest BCUT2D eigenvalue weighted by atomic mass is 9.63. The Morgan fingerprint density at radius 3 is 1.92 bits per heavy atom. The van der Waals surface area contributed by atoms with Gasteiger partial charge in [0.25, 0.3) is 0 Å². The minimum absolute atomic E-state index is 0.174. The van der Waals surface area contributed by atoms with Gasteiger partial charge in [0.05, 0.1) is 0 Å². The summed E-state index contributed by atoms with van der Waals surface area (Å²) in [5.74, 6) is 0. The van der Waals surface area contributed by atoms with Gasteiger partial charge in [0, 0.05) is 21.8 Å². The fourth-order valence-electron chi connectivity index (χ4n) is 4.43. The Labute approximate surface area is 151 Å². The normalized spacial score (nSPS) is 19.3. The molecule has 1 aromatic heterocycles. The van der Waals surface area contributed by atoms with Gasteiger partial charge in [-0.25, -0.2) is 0 Å². The molecule has 0 saturated carbocycles. The molecule has 1 heteroatoms. The number of rotatable bonds is 0. The molecule has 0 radical (unpaired) electrons. The van der Waals surface area contributed by atoms with Crippen molar-refractivity contribution in [2.24, 2.45) is 0 Å². The van der Waals surface area contributed by atoms with Gasteiger partial charge in [-0.1, -0.05) is 54.5 Å². The van der Waals surface area contributed by atoms with Crippen LogP contribution in [0.3, 0.4) is 0 Å². The van der Waals surface area contributed by atoms with Gasteiger partial charge in [0.1, 0.15) is 0 Å². The minimum atomic E-state index is 0.174. The largest absolute Gasteiger partial charge is 0.355 e. The van der Waals surface area contributed by atoms with Crippen LogP contribution >= 0.6 is 0 Å². The van der Waals surface area contributed by atoms with Crippen LogP contribution in [0, 0.1) is 0 Å². The number of nitrogens with one attached hydrogen (secondary N) is 1. The second-order valence-electron chi connectivity index (χ2n) is 10.3. The van der Waals surface area contributed by atoms with Crippen LogP contribution in [0.4, 0.5) is 0 Å². The zero-order chi connectivity index (χ0) is 18.2. The minimum Gasteiger partial charge on any atom is -0.355 e. The van der Waals surface area contributed by atoms with Crippen LogP contribution in [0.1, 0.15) is 78.0 Å². The third-order valence-electron chi connectivity index (χ3n) is 6.44. The van der Waals surface area contributed by atoms with E-state index in [0.717, 1.165) is 0 Å². The molecule has 1 N–H and O–H groups in total. The van der Waals surface area contributed by atoms with E-state index in [9.17, 15) is 0 Å². The molecule has 0 aliphatic heterocycles. The summed E-state index contributed by atoms with van der Waals surface area (Å²) in [6.45, 7) is 16.5. The number of H-pyrrole nitrogens is 1. The van der Waals surface area contributed by atoms with Crippen LogP contribution in [0.5, 0.6) is 0 Å². The predicted octanol–water partition coefficient (Wildman–Crippen LogP) is 6.97. The van der Waals surface area contributed by atoms with Crippen LogP contribution in [0.2, 0.25) is 0 Å². The zero-order valence-corrected chi connectivity index (χ0v) is 16.8. The molecule has 132 valence electrons. The maximum absolute atomic E-state index is 3.67. The number of hydrogen-bond acceptors (Lipinski definition) is 0. The van der Waals surface area contributed by atoms with E-state index in [4.69, 9.17) is 0 Å². The summed E-state index contributed by atoms with van der Waals surface area (Å²) in [7, 11) is 0. The lowest BCUT2D eigenvalue weighted by molar-refractivity contribution is 0.332. The van der Waals surface area contributed by atoms with E-state index >= 15 is 0 Å². The van der Waals surface area contributed by atoms with Crippen molar-refractivity contribution in [2.45, 2.75) is 77.6 Å². The average molecular weight is 334 g/mol. The molecule has 0 fully saturated rings. The summed E-state index contributed by atoms with van der Waals surface area (Å²) in [6.07, 6.45) is 2.51. The third-order valence-corrected chi connectivity index (χ3v) is 6.44. The van der Waals surface area contributed by atoms with E-state index in [1.807, 2.05) is 0 Å². The average Bonchev–Trinajstić information content (AvgIpc) is 2.87. The molecule has 0 unspecified atom stereocenters. The number of aromatic nitrogens is 1. The third kappa shape index (κ3) is 2.51. The first-order valence-corrected chi connectivity index (χ1v) is 9.60. The van der Waals surface area contributed by atoms with Crippen molar-refractivity contribution in [1.29, 1.82) is 0 Å². The van der Waals surface area contributed by atoms with Crippen LogP contribution in [0.15, 0.2) is 30.3 Å². The molecule has 0 bridgehead atoms. The molecular formula is C24H31N. The molecule has 0 amide bonds. The van der Waals surface area contributed by atoms with Gasteiger partial charge in [-0.2, -0.15) is 0 Å². The second kappa shape index (κ2) is 4.90. The molecular weight excluding hydrogens is 302 g/mol. The highest BCUT2D eigenvalue weighted by Gasteiger charge is 2.37. The Balaban J connectivity index is 2.06. The van der Waals surface area contributed by atoms with Crippen molar-refractivity contribution in [3.63, 3.8) is 0 Å². The topological polar surface area (TPSA) is 15.8 Å². The lowest BCUT2D eigenvalue weighted by Crippen LogP contribution is -2.33. The van der Waals surface area contributed by atoms with Crippen molar-refractivity contribution in [2.75, 3.05) is 0 Å². The van der Waals surface area contributed by atoms with E-state index in [2.05, 4.69) is 83.8 Å². The van der Waals surface area contributed by atoms with Crippen molar-refractivity contribution in [1.82, 2.24) is 4.98 Å². The van der Waals surface area contributed by atoms with Gasteiger partial charge in [0.15, 0.2) is 0 Å². The first-order chi connectivity index (χ1) is 11.5. The molecule has 1 heterocycles. The molecule has 1 nitrogen and oxygen atoms in total. The summed E-state index contributed by atoms with van der Waals surface area (Å²) in [4.78, 5) is 3.67. The Bertz CT molecular complexity index is 977. The molecule has 2 aromatic carbocycles. The van der Waals surface area contributed by atoms with Crippen LogP contribution < -0.4 is 0 Å². The van der Waals surface area contributed by atoms with Crippen LogP contribution in [-0.2, 0) is 16.2 Å². The van der Waals surface area contributed by atoms with Crippen molar-refractivity contribution in [3.8, 4) is 0 Å². The number of hydrogen-bond donors (Lipinski definition) is 1.